The molecule has 2 atom stereocenters. The fraction of sp³-hybridized carbons (Fsp3) is 0.302. The smallest absolute Gasteiger partial charge is 0.330 e. The van der Waals surface area contributed by atoms with Gasteiger partial charge in [0.05, 0.1) is 62.8 Å². The van der Waals surface area contributed by atoms with Gasteiger partial charge in [-0.2, -0.15) is 0 Å². The Morgan fingerprint density at radius 2 is 0.929 bits per heavy atom. The summed E-state index contributed by atoms with van der Waals surface area (Å²) >= 11 is 34.1. The van der Waals surface area contributed by atoms with Gasteiger partial charge in [0, 0.05) is 38.6 Å². The van der Waals surface area contributed by atoms with E-state index < -0.39 is 34.8 Å². The van der Waals surface area contributed by atoms with Gasteiger partial charge in [-0.25, -0.2) is 9.59 Å². The molecule has 0 saturated carbocycles. The van der Waals surface area contributed by atoms with Crippen molar-refractivity contribution in [2.24, 2.45) is 5.92 Å². The van der Waals surface area contributed by atoms with Crippen molar-refractivity contribution in [3.8, 4) is 11.5 Å². The van der Waals surface area contributed by atoms with Crippen LogP contribution in [0.4, 0.5) is 0 Å². The Bertz CT molecular complexity index is 2440. The summed E-state index contributed by atoms with van der Waals surface area (Å²) in [5.74, 6) is -0.441. The van der Waals surface area contributed by atoms with Crippen LogP contribution in [0.2, 0.25) is 15.1 Å². The molecule has 17 heteroatoms. The van der Waals surface area contributed by atoms with Gasteiger partial charge < -0.3 is 33.2 Å². The van der Waals surface area contributed by atoms with Crippen molar-refractivity contribution in [3.05, 3.63) is 183 Å². The zero-order valence-corrected chi connectivity index (χ0v) is 47.2. The molecule has 0 radical (unpaired) electrons. The molecule has 0 aliphatic carbocycles. The van der Waals surface area contributed by atoms with Crippen LogP contribution >= 0.6 is 98.5 Å². The average Bonchev–Trinajstić information content (AvgIpc) is 3.32. The summed E-state index contributed by atoms with van der Waals surface area (Å²) in [4.78, 5) is 37.5. The molecular formula is C53H51Br4Cl3O10. The lowest BCUT2D eigenvalue weighted by Gasteiger charge is -2.36. The number of benzene rings is 5. The summed E-state index contributed by atoms with van der Waals surface area (Å²) in [7, 11) is 0. The van der Waals surface area contributed by atoms with Crippen LogP contribution < -0.4 is 9.47 Å². The third kappa shape index (κ3) is 15.9. The van der Waals surface area contributed by atoms with E-state index in [9.17, 15) is 14.4 Å². The van der Waals surface area contributed by atoms with Crippen molar-refractivity contribution in [1.29, 1.82) is 0 Å². The van der Waals surface area contributed by atoms with Gasteiger partial charge in [0.1, 0.15) is 31.3 Å². The molecule has 372 valence electrons. The van der Waals surface area contributed by atoms with E-state index in [-0.39, 0.29) is 52.0 Å². The number of hydrogen-bond donors (Lipinski definition) is 0. The minimum Gasteiger partial charge on any atom is -0.491 e. The topological polar surface area (TPSA) is 116 Å². The summed E-state index contributed by atoms with van der Waals surface area (Å²) in [6, 6.07) is 30.0. The summed E-state index contributed by atoms with van der Waals surface area (Å²) < 4.78 is 43.3. The summed E-state index contributed by atoms with van der Waals surface area (Å²) in [5.41, 5.74) is 2.70. The highest BCUT2D eigenvalue weighted by Gasteiger charge is 2.40. The lowest BCUT2D eigenvalue weighted by atomic mass is 9.67. The zero-order valence-electron chi connectivity index (χ0n) is 38.6. The second kappa shape index (κ2) is 27.4. The van der Waals surface area contributed by atoms with E-state index >= 15 is 0 Å². The molecule has 0 aliphatic heterocycles. The van der Waals surface area contributed by atoms with E-state index in [1.807, 2.05) is 67.6 Å². The fourth-order valence-electron chi connectivity index (χ4n) is 7.32. The Kier molecular flexibility index (Phi) is 22.4. The first-order chi connectivity index (χ1) is 33.4. The first-order valence-corrected chi connectivity index (χ1v) is 26.1. The number of rotatable bonds is 26. The maximum Gasteiger partial charge on any atom is 0.330 e. The van der Waals surface area contributed by atoms with Gasteiger partial charge >= 0.3 is 17.9 Å². The monoisotopic (exact) mass is 1270 g/mol. The van der Waals surface area contributed by atoms with Crippen LogP contribution in [0.5, 0.6) is 11.5 Å². The molecule has 0 spiro atoms. The largest absolute Gasteiger partial charge is 0.491 e. The van der Waals surface area contributed by atoms with Gasteiger partial charge in [-0.1, -0.05) is 105 Å². The molecule has 5 aromatic carbocycles. The van der Waals surface area contributed by atoms with Crippen LogP contribution in [0.15, 0.2) is 140 Å². The van der Waals surface area contributed by atoms with Crippen LogP contribution in [-0.4, -0.2) is 76.9 Å². The minimum atomic E-state index is -1.07. The standard InChI is InChI=1S/C53H51Br4Cl3O10/c1-6-47(61)66-22-20-64-29-33(3)30-68-50-43(54)24-37(25-44(50)55)52(4,5)38-26-45(56)51(46(57)27-38)69-32-42(31-65-21-23-67-48(62)7-2)70-49(63)28-53(34-8-14-39(58)15-9-34,35-10-16-40(59)17-11-35)36-12-18-41(60)19-13-36/h6-19,24-27,33,42H,1-2,20-23,28-32H2,3-5H3. The van der Waals surface area contributed by atoms with Crippen LogP contribution in [0.3, 0.4) is 0 Å². The molecular weight excluding hydrogens is 1220 g/mol. The highest BCUT2D eigenvalue weighted by molar-refractivity contribution is 9.11. The predicted molar refractivity (Wildman–Crippen MR) is 289 cm³/mol. The van der Waals surface area contributed by atoms with Crippen LogP contribution in [0, 0.1) is 5.92 Å². The average molecular weight is 1270 g/mol. The third-order valence-corrected chi connectivity index (χ3v) is 14.2. The second-order valence-corrected chi connectivity index (χ2v) is 21.2. The predicted octanol–water partition coefficient (Wildman–Crippen LogP) is 14.2. The van der Waals surface area contributed by atoms with Gasteiger partial charge in [-0.15, -0.1) is 0 Å². The second-order valence-electron chi connectivity index (χ2n) is 16.5. The molecule has 70 heavy (non-hydrogen) atoms. The van der Waals surface area contributed by atoms with Gasteiger partial charge in [-0.05, 0) is 152 Å². The maximum absolute atomic E-state index is 14.5. The van der Waals surface area contributed by atoms with Crippen molar-refractivity contribution in [1.82, 2.24) is 0 Å². The minimum absolute atomic E-state index is 0.0282. The summed E-state index contributed by atoms with van der Waals surface area (Å²) in [5, 5.41) is 1.60. The number of halogens is 7. The van der Waals surface area contributed by atoms with Crippen LogP contribution in [0.25, 0.3) is 0 Å². The lowest BCUT2D eigenvalue weighted by Crippen LogP contribution is -2.36. The van der Waals surface area contributed by atoms with Gasteiger partial charge in [-0.3, -0.25) is 4.79 Å². The van der Waals surface area contributed by atoms with Gasteiger partial charge in [0.25, 0.3) is 0 Å². The van der Waals surface area contributed by atoms with E-state index in [0.29, 0.717) is 48.7 Å². The van der Waals surface area contributed by atoms with E-state index in [1.165, 1.54) is 0 Å². The van der Waals surface area contributed by atoms with Crippen molar-refractivity contribution in [3.63, 3.8) is 0 Å². The quantitative estimate of drug-likeness (QED) is 0.0174. The molecule has 0 amide bonds. The highest BCUT2D eigenvalue weighted by atomic mass is 79.9. The van der Waals surface area contributed by atoms with Gasteiger partial charge in [0.2, 0.25) is 0 Å². The molecule has 5 rings (SSSR count). The molecule has 0 N–H and O–H groups in total. The molecule has 0 fully saturated rings. The third-order valence-electron chi connectivity index (χ3n) is 11.1. The fourth-order valence-corrected chi connectivity index (χ4v) is 10.5. The Hall–Kier alpha value is -3.70. The Balaban J connectivity index is 1.35. The van der Waals surface area contributed by atoms with E-state index in [4.69, 9.17) is 68.0 Å². The normalized spacial score (nSPS) is 12.4. The summed E-state index contributed by atoms with van der Waals surface area (Å²) in [6.45, 7) is 14.1. The zero-order chi connectivity index (χ0) is 51.0. The molecule has 0 aliphatic rings. The van der Waals surface area contributed by atoms with Crippen molar-refractivity contribution in [2.45, 2.75) is 44.1 Å². The molecule has 5 aromatic rings. The number of carbonyl (C=O) groups is 3. The Morgan fingerprint density at radius 1 is 0.557 bits per heavy atom. The number of hydrogen-bond acceptors (Lipinski definition) is 10. The first-order valence-electron chi connectivity index (χ1n) is 21.8. The van der Waals surface area contributed by atoms with Crippen molar-refractivity contribution >= 4 is 116 Å². The van der Waals surface area contributed by atoms with Crippen molar-refractivity contribution in [2.75, 3.05) is 52.9 Å². The Morgan fingerprint density at radius 3 is 1.31 bits per heavy atom. The summed E-state index contributed by atoms with van der Waals surface area (Å²) in [6.07, 6.45) is 1.11. The molecule has 2 unspecified atom stereocenters. The number of esters is 3. The lowest BCUT2D eigenvalue weighted by molar-refractivity contribution is -0.155. The van der Waals surface area contributed by atoms with E-state index in [1.54, 1.807) is 36.4 Å². The van der Waals surface area contributed by atoms with Gasteiger partial charge in [0.15, 0.2) is 6.10 Å². The molecule has 10 nitrogen and oxygen atoms in total. The number of ether oxygens (including phenoxy) is 7. The van der Waals surface area contributed by atoms with E-state index in [2.05, 4.69) is 90.7 Å². The van der Waals surface area contributed by atoms with E-state index in [0.717, 1.165) is 48.9 Å². The first kappa shape index (κ1) is 57.2. The molecule has 0 heterocycles. The Labute approximate surface area is 457 Å². The maximum atomic E-state index is 14.5. The molecule has 0 saturated heterocycles. The van der Waals surface area contributed by atoms with Crippen LogP contribution in [-0.2, 0) is 48.9 Å². The molecule has 0 bridgehead atoms. The highest BCUT2D eigenvalue weighted by Crippen LogP contribution is 2.46. The van der Waals surface area contributed by atoms with Crippen LogP contribution in [0.1, 0.15) is 55.0 Å². The number of carbonyl (C=O) groups excluding carboxylic acids is 3. The van der Waals surface area contributed by atoms with Crippen molar-refractivity contribution < 1.29 is 47.5 Å². The molecule has 0 aromatic heterocycles. The SMILES string of the molecule is C=CC(=O)OCCOCC(C)COc1c(Br)cc(C(C)(C)c2cc(Br)c(OCC(COCCOC(=O)C=C)OC(=O)CC(c3ccc(Cl)cc3)(c3ccc(Cl)cc3)c3ccc(Cl)cc3)c(Br)c2)cc1Br.